The van der Waals surface area contributed by atoms with E-state index in [0.29, 0.717) is 45.6 Å². The Morgan fingerprint density at radius 1 is 1.16 bits per heavy atom. The minimum absolute atomic E-state index is 0.0665. The minimum atomic E-state index is -4.99. The van der Waals surface area contributed by atoms with Crippen molar-refractivity contribution >= 4 is 43.4 Å². The van der Waals surface area contributed by atoms with Crippen LogP contribution in [0, 0.1) is 17.0 Å². The molecule has 3 aliphatic rings. The van der Waals surface area contributed by atoms with Crippen molar-refractivity contribution in [2.24, 2.45) is 5.41 Å². The average molecular weight is 652 g/mol. The quantitative estimate of drug-likeness (QED) is 0.232. The zero-order valence-corrected chi connectivity index (χ0v) is 25.2. The van der Waals surface area contributed by atoms with Crippen LogP contribution >= 0.6 is 11.3 Å². The van der Waals surface area contributed by atoms with Gasteiger partial charge in [-0.2, -0.15) is 23.1 Å². The molecule has 4 heterocycles. The number of benzene rings is 2. The zero-order valence-electron chi connectivity index (χ0n) is 24.4. The third kappa shape index (κ3) is 5.63. The number of nitrogens with two attached hydrogens (primary N) is 1. The Hall–Kier alpha value is -3.43. The molecule has 240 valence electrons. The predicted octanol–water partition coefficient (Wildman–Crippen LogP) is 5.79. The normalized spacial score (nSPS) is 21.7. The number of hydrogen-bond donors (Lipinski definition) is 2. The lowest BCUT2D eigenvalue weighted by Gasteiger charge is -2.27. The topological polar surface area (TPSA) is 92.4 Å². The molecular weight excluding hydrogens is 620 g/mol. The summed E-state index contributed by atoms with van der Waals surface area (Å²) in [7, 11) is 1.70. The standard InChI is InChI=1S/C30H31F6N7OS/c1-42(16-4-8-38-11-16)26-18-10-19(30(34,35)36)21(17-2-3-20(32)25-24(17)39-27(37)45-25)22(33)23(18)40-28(41-26)44-14-29(6-7-29)13-43-9-5-15(31)12-43/h2-3,10,15-16,38H,4-9,11-14H2,1H3,(H2,37,39)/t15-,16-/m1/s1. The molecule has 3 fully saturated rings. The molecule has 7 rings (SSSR count). The van der Waals surface area contributed by atoms with E-state index in [1.165, 1.54) is 0 Å². The van der Waals surface area contributed by atoms with Crippen molar-refractivity contribution < 1.29 is 31.1 Å². The van der Waals surface area contributed by atoms with E-state index in [0.717, 1.165) is 42.4 Å². The Balaban J connectivity index is 1.36. The highest BCUT2D eigenvalue weighted by Gasteiger charge is 2.46. The summed E-state index contributed by atoms with van der Waals surface area (Å²) in [6.07, 6.45) is -2.92. The number of fused-ring (bicyclic) bond motifs is 2. The van der Waals surface area contributed by atoms with Gasteiger partial charge in [-0.25, -0.2) is 18.2 Å². The van der Waals surface area contributed by atoms with Crippen LogP contribution in [0.15, 0.2) is 18.2 Å². The van der Waals surface area contributed by atoms with Gasteiger partial charge in [0.15, 0.2) is 10.9 Å². The molecule has 0 spiro atoms. The van der Waals surface area contributed by atoms with Gasteiger partial charge in [0.25, 0.3) is 0 Å². The third-order valence-corrected chi connectivity index (χ3v) is 10.0. The maximum atomic E-state index is 16.7. The zero-order chi connectivity index (χ0) is 31.7. The minimum Gasteiger partial charge on any atom is -0.463 e. The predicted molar refractivity (Wildman–Crippen MR) is 160 cm³/mol. The Morgan fingerprint density at radius 3 is 2.62 bits per heavy atom. The molecular formula is C30H31F6N7OS. The molecule has 0 amide bonds. The molecule has 0 bridgehead atoms. The van der Waals surface area contributed by atoms with Crippen LogP contribution in [0.5, 0.6) is 6.01 Å². The van der Waals surface area contributed by atoms with Gasteiger partial charge in [-0.1, -0.05) is 11.3 Å². The summed E-state index contributed by atoms with van der Waals surface area (Å²) in [5.41, 5.74) is 2.70. The summed E-state index contributed by atoms with van der Waals surface area (Å²) in [6, 6.07) is 2.61. The Labute approximate surface area is 258 Å². The number of hydrogen-bond acceptors (Lipinski definition) is 9. The monoisotopic (exact) mass is 651 g/mol. The molecule has 0 radical (unpaired) electrons. The first-order valence-corrected chi connectivity index (χ1v) is 15.6. The summed E-state index contributed by atoms with van der Waals surface area (Å²) in [5.74, 6) is -1.88. The van der Waals surface area contributed by atoms with Crippen LogP contribution in [0.1, 0.15) is 31.2 Å². The SMILES string of the molecule is CN(c1nc(OCC2(CN3CC[C@@H](F)C3)CC2)nc2c(F)c(-c3ccc(F)c4sc(N)nc34)c(C(F)(F)F)cc12)[C@@H]1CCNC1. The fraction of sp³-hybridized carbons (Fsp3) is 0.500. The van der Waals surface area contributed by atoms with E-state index in [9.17, 15) is 22.0 Å². The van der Waals surface area contributed by atoms with E-state index >= 15 is 4.39 Å². The van der Waals surface area contributed by atoms with Crippen molar-refractivity contribution in [3.05, 3.63) is 35.4 Å². The van der Waals surface area contributed by atoms with Crippen molar-refractivity contribution in [2.45, 2.75) is 44.1 Å². The molecule has 15 heteroatoms. The molecule has 2 aliphatic heterocycles. The summed E-state index contributed by atoms with van der Waals surface area (Å²) in [4.78, 5) is 16.7. The smallest absolute Gasteiger partial charge is 0.417 e. The van der Waals surface area contributed by atoms with Crippen molar-refractivity contribution in [3.8, 4) is 17.1 Å². The molecule has 4 aromatic rings. The fourth-order valence-corrected chi connectivity index (χ4v) is 7.26. The largest absolute Gasteiger partial charge is 0.463 e. The van der Waals surface area contributed by atoms with Gasteiger partial charge in [-0.15, -0.1) is 0 Å². The number of halogens is 6. The second kappa shape index (κ2) is 11.1. The lowest BCUT2D eigenvalue weighted by molar-refractivity contribution is -0.137. The lowest BCUT2D eigenvalue weighted by Crippen LogP contribution is -2.34. The van der Waals surface area contributed by atoms with Crippen molar-refractivity contribution in [3.63, 3.8) is 0 Å². The Bertz CT molecular complexity index is 1770. The van der Waals surface area contributed by atoms with E-state index in [2.05, 4.69) is 25.2 Å². The van der Waals surface area contributed by atoms with Crippen LogP contribution in [0.25, 0.3) is 32.2 Å². The molecule has 0 unspecified atom stereocenters. The number of nitrogens with one attached hydrogen (secondary N) is 1. The third-order valence-electron chi connectivity index (χ3n) is 9.13. The van der Waals surface area contributed by atoms with Gasteiger partial charge in [0.05, 0.1) is 22.4 Å². The van der Waals surface area contributed by atoms with E-state index in [-0.39, 0.29) is 61.7 Å². The second-order valence-corrected chi connectivity index (χ2v) is 13.4. The maximum Gasteiger partial charge on any atom is 0.417 e. The Kier molecular flexibility index (Phi) is 7.47. The molecule has 45 heavy (non-hydrogen) atoms. The average Bonchev–Trinajstić information content (AvgIpc) is 3.34. The van der Waals surface area contributed by atoms with E-state index < -0.39 is 35.1 Å². The molecule has 2 aromatic heterocycles. The van der Waals surface area contributed by atoms with E-state index in [1.807, 2.05) is 0 Å². The van der Waals surface area contributed by atoms with Crippen molar-refractivity contribution in [1.29, 1.82) is 0 Å². The van der Waals surface area contributed by atoms with Crippen LogP contribution < -0.4 is 20.7 Å². The van der Waals surface area contributed by atoms with Gasteiger partial charge in [0, 0.05) is 61.2 Å². The number of likely N-dealkylation sites (N-methyl/N-ethyl adjacent to an activating group) is 1. The second-order valence-electron chi connectivity index (χ2n) is 12.3. The first kappa shape index (κ1) is 30.2. The van der Waals surface area contributed by atoms with Gasteiger partial charge >= 0.3 is 12.2 Å². The Morgan fingerprint density at radius 2 is 1.96 bits per heavy atom. The van der Waals surface area contributed by atoms with Gasteiger partial charge in [-0.05, 0) is 50.4 Å². The lowest BCUT2D eigenvalue weighted by atomic mass is 9.95. The highest BCUT2D eigenvalue weighted by Crippen LogP contribution is 2.48. The summed E-state index contributed by atoms with van der Waals surface area (Å²) < 4.78 is 95.1. The molecule has 3 N–H and O–H groups in total. The summed E-state index contributed by atoms with van der Waals surface area (Å²) >= 11 is 0.765. The van der Waals surface area contributed by atoms with E-state index in [4.69, 9.17) is 10.5 Å². The van der Waals surface area contributed by atoms with Crippen LogP contribution in [-0.4, -0.2) is 78.4 Å². The number of alkyl halides is 4. The van der Waals surface area contributed by atoms with Gasteiger partial charge in [0.1, 0.15) is 23.3 Å². The number of nitrogens with zero attached hydrogens (tertiary/aromatic N) is 5. The number of nitrogen functional groups attached to an aromatic ring is 1. The number of rotatable bonds is 8. The number of anilines is 2. The molecule has 2 saturated heterocycles. The molecule has 2 aromatic carbocycles. The van der Waals surface area contributed by atoms with Gasteiger partial charge in [-0.3, -0.25) is 4.90 Å². The number of aromatic nitrogens is 3. The molecule has 2 atom stereocenters. The van der Waals surface area contributed by atoms with Crippen molar-refractivity contribution in [1.82, 2.24) is 25.2 Å². The van der Waals surface area contributed by atoms with Crippen LogP contribution in [0.3, 0.4) is 0 Å². The fourth-order valence-electron chi connectivity index (χ4n) is 6.49. The number of ether oxygens (including phenoxy) is 1. The highest BCUT2D eigenvalue weighted by molar-refractivity contribution is 7.22. The summed E-state index contributed by atoms with van der Waals surface area (Å²) in [5, 5.41) is 3.03. The van der Waals surface area contributed by atoms with Gasteiger partial charge < -0.3 is 20.7 Å². The summed E-state index contributed by atoms with van der Waals surface area (Å²) in [6.45, 7) is 3.16. The van der Waals surface area contributed by atoms with Crippen molar-refractivity contribution in [2.75, 3.05) is 57.0 Å². The van der Waals surface area contributed by atoms with Crippen LogP contribution in [-0.2, 0) is 6.18 Å². The molecule has 8 nitrogen and oxygen atoms in total. The van der Waals surface area contributed by atoms with Crippen LogP contribution in [0.2, 0.25) is 0 Å². The molecule has 1 aliphatic carbocycles. The first-order valence-electron chi connectivity index (χ1n) is 14.8. The first-order chi connectivity index (χ1) is 21.4. The number of likely N-dealkylation sites (tertiary alicyclic amines) is 1. The highest BCUT2D eigenvalue weighted by atomic mass is 32.1. The number of thiazole rings is 1. The van der Waals surface area contributed by atoms with Crippen LogP contribution in [0.4, 0.5) is 37.3 Å². The maximum absolute atomic E-state index is 16.7. The van der Waals surface area contributed by atoms with E-state index in [1.54, 1.807) is 11.9 Å². The molecule has 1 saturated carbocycles. The van der Waals surface area contributed by atoms with Gasteiger partial charge in [0.2, 0.25) is 0 Å².